The van der Waals surface area contributed by atoms with Gasteiger partial charge in [0.15, 0.2) is 0 Å². The summed E-state index contributed by atoms with van der Waals surface area (Å²) in [4.78, 5) is 14.6. The largest absolute Gasteiger partial charge is 0.395 e. The fourth-order valence-corrected chi connectivity index (χ4v) is 3.18. The number of piperidine rings is 1. The van der Waals surface area contributed by atoms with Crippen molar-refractivity contribution in [2.24, 2.45) is 5.92 Å². The number of nitrogens with zero attached hydrogens (tertiary/aromatic N) is 1. The summed E-state index contributed by atoms with van der Waals surface area (Å²) >= 11 is 1.60. The molecule has 2 atom stereocenters. The highest BCUT2D eigenvalue weighted by Crippen LogP contribution is 2.20. The van der Waals surface area contributed by atoms with E-state index in [1.807, 2.05) is 13.2 Å². The highest BCUT2D eigenvalue weighted by atomic mass is 32.2. The molecule has 1 heterocycles. The van der Waals surface area contributed by atoms with Crippen LogP contribution < -0.4 is 5.32 Å². The molecule has 1 aliphatic rings. The number of carbonyl (C=O) groups is 1. The van der Waals surface area contributed by atoms with Crippen LogP contribution in [0.5, 0.6) is 0 Å². The van der Waals surface area contributed by atoms with Crippen LogP contribution in [0.4, 0.5) is 0 Å². The van der Waals surface area contributed by atoms with Gasteiger partial charge in [0.1, 0.15) is 0 Å². The Bertz CT molecular complexity index is 275. The lowest BCUT2D eigenvalue weighted by Crippen LogP contribution is -2.47. The van der Waals surface area contributed by atoms with Crippen molar-refractivity contribution in [1.82, 2.24) is 10.2 Å². The van der Waals surface area contributed by atoms with Gasteiger partial charge in [-0.25, -0.2) is 0 Å². The molecule has 0 aliphatic carbocycles. The fraction of sp³-hybridized carbons (Fsp3) is 0.929. The number of likely N-dealkylation sites (tertiary alicyclic amines) is 1. The Balaban J connectivity index is 2.39. The van der Waals surface area contributed by atoms with Crippen molar-refractivity contribution < 1.29 is 9.90 Å². The molecule has 0 radical (unpaired) electrons. The topological polar surface area (TPSA) is 52.6 Å². The molecule has 0 saturated carbocycles. The molecule has 19 heavy (non-hydrogen) atoms. The van der Waals surface area contributed by atoms with Gasteiger partial charge in [0, 0.05) is 23.3 Å². The van der Waals surface area contributed by atoms with Crippen molar-refractivity contribution in [1.29, 1.82) is 0 Å². The van der Waals surface area contributed by atoms with E-state index in [0.717, 1.165) is 25.9 Å². The summed E-state index contributed by atoms with van der Waals surface area (Å²) in [5.74, 6) is 0.294. The normalized spacial score (nSPS) is 21.4. The zero-order valence-corrected chi connectivity index (χ0v) is 13.4. The summed E-state index contributed by atoms with van der Waals surface area (Å²) in [6, 6.07) is 0.592. The first kappa shape index (κ1) is 16.8. The lowest BCUT2D eigenvalue weighted by atomic mass is 9.94. The summed E-state index contributed by atoms with van der Waals surface area (Å²) in [6.07, 6.45) is 3.85. The Kier molecular flexibility index (Phi) is 7.18. The molecule has 112 valence electrons. The molecule has 1 saturated heterocycles. The molecule has 4 nitrogen and oxygen atoms in total. The van der Waals surface area contributed by atoms with Gasteiger partial charge in [0.2, 0.25) is 5.91 Å². The average Bonchev–Trinajstić information content (AvgIpc) is 2.40. The van der Waals surface area contributed by atoms with Crippen molar-refractivity contribution in [2.75, 3.05) is 26.0 Å². The number of carbonyl (C=O) groups excluding carboxylic acids is 1. The first-order valence-corrected chi connectivity index (χ1v) is 8.46. The molecular weight excluding hydrogens is 260 g/mol. The molecule has 1 fully saturated rings. The standard InChI is InChI=1S/C14H28N2O2S/c1-10(2)16-7-5-12(6-8-16)14(18)15-11(3)13(9-17)19-4/h10-13,17H,5-9H2,1-4H3,(H,15,18)/t11-,13+/m1/s1. The van der Waals surface area contributed by atoms with E-state index in [2.05, 4.69) is 24.1 Å². The fourth-order valence-electron chi connectivity index (χ4n) is 2.55. The predicted molar refractivity (Wildman–Crippen MR) is 81.4 cm³/mol. The maximum Gasteiger partial charge on any atom is 0.223 e. The zero-order valence-electron chi connectivity index (χ0n) is 12.6. The summed E-state index contributed by atoms with van der Waals surface area (Å²) in [6.45, 7) is 8.50. The van der Waals surface area contributed by atoms with Crippen LogP contribution in [0.2, 0.25) is 0 Å². The Morgan fingerprint density at radius 1 is 1.37 bits per heavy atom. The number of thioether (sulfide) groups is 1. The van der Waals surface area contributed by atoms with E-state index in [9.17, 15) is 9.90 Å². The minimum absolute atomic E-state index is 0.0237. The van der Waals surface area contributed by atoms with Gasteiger partial charge in [-0.3, -0.25) is 4.79 Å². The average molecular weight is 288 g/mol. The van der Waals surface area contributed by atoms with Crippen LogP contribution in [0, 0.1) is 5.92 Å². The minimum Gasteiger partial charge on any atom is -0.395 e. The van der Waals surface area contributed by atoms with Crippen molar-refractivity contribution in [3.05, 3.63) is 0 Å². The number of amides is 1. The van der Waals surface area contributed by atoms with Crippen LogP contribution >= 0.6 is 11.8 Å². The van der Waals surface area contributed by atoms with E-state index in [1.54, 1.807) is 11.8 Å². The second-order valence-corrected chi connectivity index (χ2v) is 6.73. The van der Waals surface area contributed by atoms with Gasteiger partial charge in [-0.2, -0.15) is 11.8 Å². The van der Waals surface area contributed by atoms with Gasteiger partial charge < -0.3 is 15.3 Å². The van der Waals surface area contributed by atoms with Gasteiger partial charge in [-0.15, -0.1) is 0 Å². The third-order valence-corrected chi connectivity index (χ3v) is 5.20. The number of aliphatic hydroxyl groups excluding tert-OH is 1. The van der Waals surface area contributed by atoms with Crippen LogP contribution in [-0.4, -0.2) is 59.2 Å². The molecular formula is C14H28N2O2S. The Hall–Kier alpha value is -0.260. The molecule has 1 rings (SSSR count). The highest BCUT2D eigenvalue weighted by molar-refractivity contribution is 7.99. The SMILES string of the molecule is CS[C@@H](CO)[C@@H](C)NC(=O)C1CCN(C(C)C)CC1. The van der Waals surface area contributed by atoms with Crippen LogP contribution in [0.25, 0.3) is 0 Å². The van der Waals surface area contributed by atoms with Crippen molar-refractivity contribution >= 4 is 17.7 Å². The first-order valence-electron chi connectivity index (χ1n) is 7.17. The van der Waals surface area contributed by atoms with Gasteiger partial charge in [-0.05, 0) is 53.0 Å². The van der Waals surface area contributed by atoms with Gasteiger partial charge in [-0.1, -0.05) is 0 Å². The molecule has 0 bridgehead atoms. The first-order chi connectivity index (χ1) is 8.99. The van der Waals surface area contributed by atoms with Gasteiger partial charge >= 0.3 is 0 Å². The van der Waals surface area contributed by atoms with Crippen molar-refractivity contribution in [3.8, 4) is 0 Å². The lowest BCUT2D eigenvalue weighted by Gasteiger charge is -2.34. The summed E-state index contributed by atoms with van der Waals surface area (Å²) in [5, 5.41) is 12.4. The lowest BCUT2D eigenvalue weighted by molar-refractivity contribution is -0.127. The monoisotopic (exact) mass is 288 g/mol. The number of aliphatic hydroxyl groups is 1. The number of rotatable bonds is 6. The van der Waals surface area contributed by atoms with E-state index in [-0.39, 0.29) is 29.7 Å². The highest BCUT2D eigenvalue weighted by Gasteiger charge is 2.27. The molecule has 0 aromatic heterocycles. The van der Waals surface area contributed by atoms with Gasteiger partial charge in [0.05, 0.1) is 6.61 Å². The molecule has 0 unspecified atom stereocenters. The third-order valence-electron chi connectivity index (χ3n) is 4.04. The van der Waals surface area contributed by atoms with Crippen LogP contribution in [-0.2, 0) is 4.79 Å². The summed E-state index contributed by atoms with van der Waals surface area (Å²) in [5.41, 5.74) is 0. The van der Waals surface area contributed by atoms with E-state index < -0.39 is 0 Å². The molecule has 0 aromatic carbocycles. The van der Waals surface area contributed by atoms with E-state index in [1.165, 1.54) is 0 Å². The molecule has 0 aromatic rings. The van der Waals surface area contributed by atoms with E-state index in [0.29, 0.717) is 6.04 Å². The number of nitrogens with one attached hydrogen (secondary N) is 1. The third kappa shape index (κ3) is 4.97. The molecule has 2 N–H and O–H groups in total. The number of hydrogen-bond acceptors (Lipinski definition) is 4. The quantitative estimate of drug-likeness (QED) is 0.774. The Labute approximate surface area is 121 Å². The van der Waals surface area contributed by atoms with Crippen molar-refractivity contribution in [2.45, 2.75) is 50.9 Å². The van der Waals surface area contributed by atoms with Crippen molar-refractivity contribution in [3.63, 3.8) is 0 Å². The Morgan fingerprint density at radius 2 is 1.95 bits per heavy atom. The van der Waals surface area contributed by atoms with E-state index >= 15 is 0 Å². The molecule has 1 amide bonds. The summed E-state index contributed by atoms with van der Waals surface area (Å²) in [7, 11) is 0. The van der Waals surface area contributed by atoms with Crippen LogP contribution in [0.1, 0.15) is 33.6 Å². The molecule has 1 aliphatic heterocycles. The van der Waals surface area contributed by atoms with Crippen LogP contribution in [0.15, 0.2) is 0 Å². The molecule has 0 spiro atoms. The maximum absolute atomic E-state index is 12.2. The minimum atomic E-state index is 0.0237. The predicted octanol–water partition coefficient (Wildman–Crippen LogP) is 1.34. The Morgan fingerprint density at radius 3 is 2.37 bits per heavy atom. The zero-order chi connectivity index (χ0) is 14.4. The van der Waals surface area contributed by atoms with E-state index in [4.69, 9.17) is 0 Å². The van der Waals surface area contributed by atoms with Gasteiger partial charge in [0.25, 0.3) is 0 Å². The molecule has 5 heteroatoms. The maximum atomic E-state index is 12.2. The number of hydrogen-bond donors (Lipinski definition) is 2. The summed E-state index contributed by atoms with van der Waals surface area (Å²) < 4.78 is 0. The van der Waals surface area contributed by atoms with Crippen LogP contribution in [0.3, 0.4) is 0 Å². The second kappa shape index (κ2) is 8.12. The second-order valence-electron chi connectivity index (χ2n) is 5.66. The smallest absolute Gasteiger partial charge is 0.223 e.